The highest BCUT2D eigenvalue weighted by Crippen LogP contribution is 2.46. The fourth-order valence-corrected chi connectivity index (χ4v) is 5.52. The number of amides is 1. The van der Waals surface area contributed by atoms with Gasteiger partial charge in [-0.2, -0.15) is 0 Å². The molecule has 3 aliphatic rings. The summed E-state index contributed by atoms with van der Waals surface area (Å²) in [5, 5.41) is 0. The maximum Gasteiger partial charge on any atom is 0.270 e. The van der Waals surface area contributed by atoms with Gasteiger partial charge in [-0.1, -0.05) is 6.42 Å². The van der Waals surface area contributed by atoms with Crippen molar-refractivity contribution in [2.45, 2.75) is 56.4 Å². The molecular weight excluding hydrogens is 390 g/mol. The van der Waals surface area contributed by atoms with Crippen LogP contribution in [0, 0.1) is 5.41 Å². The van der Waals surface area contributed by atoms with Crippen LogP contribution >= 0.6 is 0 Å². The summed E-state index contributed by atoms with van der Waals surface area (Å²) in [5.41, 5.74) is -0.370. The zero-order valence-corrected chi connectivity index (χ0v) is 18.3. The predicted molar refractivity (Wildman–Crippen MR) is 112 cm³/mol. The quantitative estimate of drug-likeness (QED) is 0.763. The van der Waals surface area contributed by atoms with E-state index in [2.05, 4.69) is 9.62 Å². The minimum absolute atomic E-state index is 0.0732. The van der Waals surface area contributed by atoms with Gasteiger partial charge in [0.1, 0.15) is 5.75 Å². The van der Waals surface area contributed by atoms with Gasteiger partial charge in [-0.25, -0.2) is 13.1 Å². The number of nitrogens with zero attached hydrogens (tertiary/aromatic N) is 2. The van der Waals surface area contributed by atoms with Gasteiger partial charge in [-0.3, -0.25) is 4.79 Å². The molecule has 1 aliphatic carbocycles. The largest absolute Gasteiger partial charge is 0.476 e. The molecule has 1 N–H and O–H groups in total. The Hall–Kier alpha value is -1.64. The van der Waals surface area contributed by atoms with Gasteiger partial charge >= 0.3 is 0 Å². The van der Waals surface area contributed by atoms with Crippen LogP contribution in [-0.4, -0.2) is 58.1 Å². The monoisotopic (exact) mass is 421 g/mol. The van der Waals surface area contributed by atoms with Crippen molar-refractivity contribution in [3.05, 3.63) is 18.2 Å². The van der Waals surface area contributed by atoms with E-state index in [9.17, 15) is 13.2 Å². The van der Waals surface area contributed by atoms with Crippen LogP contribution in [0.3, 0.4) is 0 Å². The summed E-state index contributed by atoms with van der Waals surface area (Å²) < 4.78 is 34.5. The van der Waals surface area contributed by atoms with Crippen LogP contribution in [0.1, 0.15) is 46.0 Å². The zero-order valence-electron chi connectivity index (χ0n) is 17.5. The highest BCUT2D eigenvalue weighted by molar-refractivity contribution is 7.89. The van der Waals surface area contributed by atoms with E-state index in [0.717, 1.165) is 32.5 Å². The lowest BCUT2D eigenvalue weighted by molar-refractivity contribution is -0.132. The Morgan fingerprint density at radius 2 is 1.83 bits per heavy atom. The Labute approximate surface area is 173 Å². The predicted octanol–water partition coefficient (Wildman–Crippen LogP) is 2.36. The van der Waals surface area contributed by atoms with Crippen LogP contribution in [0.2, 0.25) is 0 Å². The molecule has 0 radical (unpaired) electrons. The summed E-state index contributed by atoms with van der Waals surface area (Å²) in [4.78, 5) is 16.5. The average molecular weight is 422 g/mol. The molecule has 2 aliphatic heterocycles. The molecule has 29 heavy (non-hydrogen) atoms. The molecule has 1 saturated heterocycles. The second-order valence-corrected chi connectivity index (χ2v) is 11.0. The number of rotatable bonds is 6. The lowest BCUT2D eigenvalue weighted by Gasteiger charge is -2.37. The van der Waals surface area contributed by atoms with E-state index in [-0.39, 0.29) is 16.2 Å². The summed E-state index contributed by atoms with van der Waals surface area (Å²) in [6.45, 7) is 7.06. The number of piperidine rings is 1. The molecule has 160 valence electrons. The maximum absolute atomic E-state index is 12.9. The van der Waals surface area contributed by atoms with Gasteiger partial charge in [0, 0.05) is 26.2 Å². The van der Waals surface area contributed by atoms with Crippen LogP contribution in [0.15, 0.2) is 23.1 Å². The lowest BCUT2D eigenvalue weighted by atomic mass is 10.0. The summed E-state index contributed by atoms with van der Waals surface area (Å²) >= 11 is 0. The Balaban J connectivity index is 1.46. The molecule has 1 amide bonds. The molecule has 2 fully saturated rings. The van der Waals surface area contributed by atoms with Crippen LogP contribution in [-0.2, 0) is 14.8 Å². The van der Waals surface area contributed by atoms with Crippen molar-refractivity contribution < 1.29 is 17.9 Å². The standard InChI is InChI=1S/C21H31N3O4S/c1-20(2)19(25)23(3)17-8-7-16(13-18(17)28-20)29(26,27)22-14-21(9-10-21)15-24-11-5-4-6-12-24/h7-8,13,22H,4-6,9-12,14-15H2,1-3H3. The van der Waals surface area contributed by atoms with Gasteiger partial charge in [0.15, 0.2) is 5.60 Å². The molecular formula is C21H31N3O4S. The van der Waals surface area contributed by atoms with E-state index >= 15 is 0 Å². The first kappa shape index (κ1) is 20.6. The van der Waals surface area contributed by atoms with Crippen molar-refractivity contribution in [1.29, 1.82) is 0 Å². The highest BCUT2D eigenvalue weighted by Gasteiger charge is 2.45. The first-order valence-electron chi connectivity index (χ1n) is 10.5. The normalized spacial score (nSPS) is 23.4. The molecule has 1 aromatic rings. The molecule has 8 heteroatoms. The second-order valence-electron chi connectivity index (χ2n) is 9.27. The van der Waals surface area contributed by atoms with Crippen LogP contribution < -0.4 is 14.4 Å². The molecule has 0 atom stereocenters. The number of nitrogens with one attached hydrogen (secondary N) is 1. The molecule has 2 heterocycles. The van der Waals surface area contributed by atoms with Crippen molar-refractivity contribution in [2.24, 2.45) is 5.41 Å². The Kier molecular flexibility index (Phi) is 5.16. The van der Waals surface area contributed by atoms with E-state index < -0.39 is 15.6 Å². The Morgan fingerprint density at radius 1 is 1.14 bits per heavy atom. The summed E-state index contributed by atoms with van der Waals surface area (Å²) in [6.07, 6.45) is 5.92. The topological polar surface area (TPSA) is 78.9 Å². The molecule has 4 rings (SSSR count). The number of benzene rings is 1. The van der Waals surface area contributed by atoms with Crippen molar-refractivity contribution in [3.8, 4) is 5.75 Å². The van der Waals surface area contributed by atoms with E-state index in [1.54, 1.807) is 27.0 Å². The van der Waals surface area contributed by atoms with Gasteiger partial charge in [-0.05, 0) is 70.2 Å². The third kappa shape index (κ3) is 4.15. The number of hydrogen-bond acceptors (Lipinski definition) is 5. The fourth-order valence-electron chi connectivity index (χ4n) is 4.34. The molecule has 0 aromatic heterocycles. The molecule has 1 saturated carbocycles. The number of fused-ring (bicyclic) bond motifs is 1. The number of ether oxygens (including phenoxy) is 1. The van der Waals surface area contributed by atoms with E-state index in [1.165, 1.54) is 36.3 Å². The molecule has 0 unspecified atom stereocenters. The van der Waals surface area contributed by atoms with E-state index in [0.29, 0.717) is 18.0 Å². The number of sulfonamides is 1. The zero-order chi connectivity index (χ0) is 20.9. The van der Waals surface area contributed by atoms with Gasteiger partial charge < -0.3 is 14.5 Å². The number of likely N-dealkylation sites (tertiary alicyclic amines) is 1. The van der Waals surface area contributed by atoms with Crippen molar-refractivity contribution in [1.82, 2.24) is 9.62 Å². The fraction of sp³-hybridized carbons (Fsp3) is 0.667. The van der Waals surface area contributed by atoms with Crippen LogP contribution in [0.4, 0.5) is 5.69 Å². The number of anilines is 1. The summed E-state index contributed by atoms with van der Waals surface area (Å²) in [5.74, 6) is 0.251. The second kappa shape index (κ2) is 7.25. The van der Waals surface area contributed by atoms with Crippen molar-refractivity contribution in [2.75, 3.05) is 38.1 Å². The van der Waals surface area contributed by atoms with Gasteiger partial charge in [-0.15, -0.1) is 0 Å². The Morgan fingerprint density at radius 3 is 2.48 bits per heavy atom. The smallest absolute Gasteiger partial charge is 0.270 e. The van der Waals surface area contributed by atoms with E-state index in [1.807, 2.05) is 0 Å². The molecule has 0 spiro atoms. The maximum atomic E-state index is 12.9. The highest BCUT2D eigenvalue weighted by atomic mass is 32.2. The third-order valence-electron chi connectivity index (χ3n) is 6.39. The third-order valence-corrected chi connectivity index (χ3v) is 7.79. The average Bonchev–Trinajstić information content (AvgIpc) is 3.45. The van der Waals surface area contributed by atoms with Gasteiger partial charge in [0.05, 0.1) is 10.6 Å². The van der Waals surface area contributed by atoms with Crippen LogP contribution in [0.25, 0.3) is 0 Å². The van der Waals surface area contributed by atoms with Crippen molar-refractivity contribution >= 4 is 21.6 Å². The van der Waals surface area contributed by atoms with Gasteiger partial charge in [0.2, 0.25) is 10.0 Å². The minimum Gasteiger partial charge on any atom is -0.476 e. The lowest BCUT2D eigenvalue weighted by Crippen LogP contribution is -2.50. The molecule has 1 aromatic carbocycles. The first-order chi connectivity index (χ1) is 13.6. The Bertz CT molecular complexity index is 903. The van der Waals surface area contributed by atoms with Gasteiger partial charge in [0.25, 0.3) is 5.91 Å². The summed E-state index contributed by atoms with van der Waals surface area (Å²) in [7, 11) is -1.97. The molecule has 0 bridgehead atoms. The number of hydrogen-bond donors (Lipinski definition) is 1. The number of likely N-dealkylation sites (N-methyl/N-ethyl adjacent to an activating group) is 1. The first-order valence-corrected chi connectivity index (χ1v) is 11.9. The van der Waals surface area contributed by atoms with Crippen LogP contribution in [0.5, 0.6) is 5.75 Å². The SMILES string of the molecule is CN1C(=O)C(C)(C)Oc2cc(S(=O)(=O)NCC3(CN4CCCCC4)CC3)ccc21. The van der Waals surface area contributed by atoms with E-state index in [4.69, 9.17) is 4.74 Å². The molecule has 7 nitrogen and oxygen atoms in total. The van der Waals surface area contributed by atoms with Crippen molar-refractivity contribution in [3.63, 3.8) is 0 Å². The summed E-state index contributed by atoms with van der Waals surface area (Å²) in [6, 6.07) is 4.70. The number of carbonyl (C=O) groups excluding carboxylic acids is 1. The number of carbonyl (C=O) groups is 1. The minimum atomic E-state index is -3.65.